The van der Waals surface area contributed by atoms with Crippen molar-refractivity contribution in [2.75, 3.05) is 11.9 Å². The summed E-state index contributed by atoms with van der Waals surface area (Å²) in [4.78, 5) is 11.5. The van der Waals surface area contributed by atoms with E-state index in [0.29, 0.717) is 0 Å². The number of rotatable bonds is 4. The summed E-state index contributed by atoms with van der Waals surface area (Å²) in [5, 5.41) is 6.86. The molecule has 0 unspecified atom stereocenters. The minimum Gasteiger partial charge on any atom is -0.375 e. The molecule has 1 amide bonds. The van der Waals surface area contributed by atoms with Crippen molar-refractivity contribution in [2.45, 2.75) is 13.8 Å². The summed E-state index contributed by atoms with van der Waals surface area (Å²) in [6, 6.07) is 3.79. The van der Waals surface area contributed by atoms with Crippen LogP contribution < -0.4 is 10.7 Å². The van der Waals surface area contributed by atoms with E-state index < -0.39 is 0 Å². The summed E-state index contributed by atoms with van der Waals surface area (Å²) in [5.74, 6) is -0.192. The summed E-state index contributed by atoms with van der Waals surface area (Å²) in [7, 11) is 0. The number of hydrogen-bond acceptors (Lipinski definition) is 3. The molecule has 0 atom stereocenters. The van der Waals surface area contributed by atoms with Gasteiger partial charge in [0.1, 0.15) is 0 Å². The van der Waals surface area contributed by atoms with Crippen LogP contribution >= 0.6 is 47.8 Å². The number of hydrazone groups is 1. The molecule has 1 aromatic rings. The predicted molar refractivity (Wildman–Crippen MR) is 85.0 cm³/mol. The highest BCUT2D eigenvalue weighted by atomic mass is 79.9. The Morgan fingerprint density at radius 2 is 1.78 bits per heavy atom. The van der Waals surface area contributed by atoms with Crippen molar-refractivity contribution in [3.63, 3.8) is 0 Å². The minimum absolute atomic E-state index is 0.156. The average molecular weight is 442 g/mol. The number of nitrogens with one attached hydrogen (secondary N) is 2. The van der Waals surface area contributed by atoms with Gasteiger partial charge >= 0.3 is 0 Å². The molecule has 0 saturated heterocycles. The Labute approximate surface area is 131 Å². The van der Waals surface area contributed by atoms with E-state index in [1.165, 1.54) is 0 Å². The predicted octanol–water partition coefficient (Wildman–Crippen LogP) is 3.90. The third kappa shape index (κ3) is 5.07. The summed E-state index contributed by atoms with van der Waals surface area (Å²) in [6.07, 6.45) is 0. The lowest BCUT2D eigenvalue weighted by Gasteiger charge is -2.09. The number of nitrogens with zero attached hydrogens (tertiary/aromatic N) is 1. The van der Waals surface area contributed by atoms with E-state index in [1.807, 2.05) is 26.0 Å². The number of hydrogen-bond donors (Lipinski definition) is 2. The van der Waals surface area contributed by atoms with Crippen LogP contribution in [0.15, 0.2) is 30.7 Å². The van der Waals surface area contributed by atoms with E-state index in [-0.39, 0.29) is 12.5 Å². The zero-order valence-corrected chi connectivity index (χ0v) is 14.6. The van der Waals surface area contributed by atoms with Gasteiger partial charge in [0.2, 0.25) is 0 Å². The maximum atomic E-state index is 11.5. The largest absolute Gasteiger partial charge is 0.375 e. The first kappa shape index (κ1) is 15.7. The summed E-state index contributed by atoms with van der Waals surface area (Å²) in [5.41, 5.74) is 4.08. The molecule has 1 rings (SSSR count). The van der Waals surface area contributed by atoms with Gasteiger partial charge in [-0.15, -0.1) is 0 Å². The van der Waals surface area contributed by atoms with Crippen LogP contribution in [0.1, 0.15) is 13.8 Å². The Balaban J connectivity index is 2.61. The van der Waals surface area contributed by atoms with Crippen molar-refractivity contribution >= 4 is 65.1 Å². The molecule has 0 aromatic heterocycles. The van der Waals surface area contributed by atoms with Crippen LogP contribution in [0.25, 0.3) is 0 Å². The zero-order chi connectivity index (χ0) is 13.7. The lowest BCUT2D eigenvalue weighted by molar-refractivity contribution is -0.119. The highest BCUT2D eigenvalue weighted by Gasteiger charge is 2.06. The van der Waals surface area contributed by atoms with Gasteiger partial charge in [-0.2, -0.15) is 5.10 Å². The van der Waals surface area contributed by atoms with E-state index in [4.69, 9.17) is 0 Å². The molecule has 0 spiro atoms. The summed E-state index contributed by atoms with van der Waals surface area (Å²) in [6.45, 7) is 3.79. The van der Waals surface area contributed by atoms with Crippen molar-refractivity contribution < 1.29 is 4.79 Å². The molecule has 0 radical (unpaired) electrons. The fraction of sp³-hybridized carbons (Fsp3) is 0.273. The normalized spacial score (nSPS) is 9.83. The van der Waals surface area contributed by atoms with E-state index in [0.717, 1.165) is 24.8 Å². The highest BCUT2D eigenvalue weighted by molar-refractivity contribution is 9.13. The van der Waals surface area contributed by atoms with Crippen molar-refractivity contribution in [3.8, 4) is 0 Å². The van der Waals surface area contributed by atoms with Gasteiger partial charge in [-0.3, -0.25) is 4.79 Å². The topological polar surface area (TPSA) is 53.5 Å². The smallest absolute Gasteiger partial charge is 0.259 e. The van der Waals surface area contributed by atoms with Crippen molar-refractivity contribution in [1.29, 1.82) is 0 Å². The Morgan fingerprint density at radius 3 is 2.39 bits per heavy atom. The maximum Gasteiger partial charge on any atom is 0.259 e. The van der Waals surface area contributed by atoms with Crippen LogP contribution in [0.4, 0.5) is 5.69 Å². The van der Waals surface area contributed by atoms with Crippen LogP contribution in [-0.4, -0.2) is 18.2 Å². The van der Waals surface area contributed by atoms with Gasteiger partial charge in [0.25, 0.3) is 5.91 Å². The second-order valence-corrected chi connectivity index (χ2v) is 6.26. The zero-order valence-electron chi connectivity index (χ0n) is 9.85. The molecule has 98 valence electrons. The first-order chi connectivity index (χ1) is 8.40. The first-order valence-electron chi connectivity index (χ1n) is 5.08. The molecule has 2 N–H and O–H groups in total. The van der Waals surface area contributed by atoms with Crippen molar-refractivity contribution in [1.82, 2.24) is 5.43 Å². The number of carbonyl (C=O) groups is 1. The standard InChI is InChI=1S/C11H12Br3N3O/c1-6(2)16-17-11(18)5-15-10-4-8(13)7(12)3-9(10)14/h3-4,15H,5H2,1-2H3,(H,17,18). The second kappa shape index (κ2) is 7.25. The Morgan fingerprint density at radius 1 is 1.17 bits per heavy atom. The quantitative estimate of drug-likeness (QED) is 0.423. The molecule has 0 saturated carbocycles. The molecule has 1 aromatic carbocycles. The molecule has 0 heterocycles. The third-order valence-corrected chi connectivity index (χ3v) is 4.35. The average Bonchev–Trinajstić information content (AvgIpc) is 2.29. The van der Waals surface area contributed by atoms with Crippen LogP contribution in [0.2, 0.25) is 0 Å². The Hall–Kier alpha value is -0.400. The maximum absolute atomic E-state index is 11.5. The molecule has 0 bridgehead atoms. The Kier molecular flexibility index (Phi) is 6.31. The Bertz CT molecular complexity index is 485. The van der Waals surface area contributed by atoms with Gasteiger partial charge in [0.15, 0.2) is 0 Å². The van der Waals surface area contributed by atoms with Crippen molar-refractivity contribution in [3.05, 3.63) is 25.6 Å². The number of halogens is 3. The van der Waals surface area contributed by atoms with Gasteiger partial charge in [-0.05, 0) is 73.8 Å². The molecule has 0 aliphatic heterocycles. The van der Waals surface area contributed by atoms with E-state index >= 15 is 0 Å². The lowest BCUT2D eigenvalue weighted by atomic mass is 10.3. The van der Waals surface area contributed by atoms with Crippen LogP contribution in [-0.2, 0) is 4.79 Å². The van der Waals surface area contributed by atoms with Gasteiger partial charge in [0, 0.05) is 19.1 Å². The molecule has 18 heavy (non-hydrogen) atoms. The fourth-order valence-electron chi connectivity index (χ4n) is 1.05. The van der Waals surface area contributed by atoms with Crippen LogP contribution in [0, 0.1) is 0 Å². The van der Waals surface area contributed by atoms with E-state index in [1.54, 1.807) is 0 Å². The number of amides is 1. The molecular weight excluding hydrogens is 430 g/mol. The van der Waals surface area contributed by atoms with Gasteiger partial charge < -0.3 is 5.32 Å². The van der Waals surface area contributed by atoms with E-state index in [9.17, 15) is 4.79 Å². The summed E-state index contributed by atoms with van der Waals surface area (Å²) < 4.78 is 2.73. The third-order valence-electron chi connectivity index (χ3n) is 1.85. The van der Waals surface area contributed by atoms with Crippen LogP contribution in [0.5, 0.6) is 0 Å². The monoisotopic (exact) mass is 439 g/mol. The number of anilines is 1. The van der Waals surface area contributed by atoms with Crippen molar-refractivity contribution in [2.24, 2.45) is 5.10 Å². The van der Waals surface area contributed by atoms with Gasteiger partial charge in [-0.1, -0.05) is 0 Å². The van der Waals surface area contributed by atoms with E-state index in [2.05, 4.69) is 63.6 Å². The molecule has 7 heteroatoms. The summed E-state index contributed by atoms with van der Waals surface area (Å²) >= 11 is 10.2. The molecule has 0 aliphatic carbocycles. The molecule has 4 nitrogen and oxygen atoms in total. The molecule has 0 aliphatic rings. The highest BCUT2D eigenvalue weighted by Crippen LogP contribution is 2.32. The molecular formula is C11H12Br3N3O. The number of benzene rings is 1. The van der Waals surface area contributed by atoms with Gasteiger partial charge in [-0.25, -0.2) is 5.43 Å². The van der Waals surface area contributed by atoms with Gasteiger partial charge in [0.05, 0.1) is 12.2 Å². The fourth-order valence-corrected chi connectivity index (χ4v) is 2.52. The lowest BCUT2D eigenvalue weighted by Crippen LogP contribution is -2.26. The first-order valence-corrected chi connectivity index (χ1v) is 7.46. The minimum atomic E-state index is -0.192. The second-order valence-electron chi connectivity index (χ2n) is 3.69. The van der Waals surface area contributed by atoms with Crippen LogP contribution in [0.3, 0.4) is 0 Å². The number of carbonyl (C=O) groups excluding carboxylic acids is 1. The molecule has 0 fully saturated rings. The SMILES string of the molecule is CC(C)=NNC(=O)CNc1cc(Br)c(Br)cc1Br.